The highest BCUT2D eigenvalue weighted by atomic mass is 32.2. The first-order valence-electron chi connectivity index (χ1n) is 4.56. The average molecular weight is 271 g/mol. The predicted octanol–water partition coefficient (Wildman–Crippen LogP) is 0.193. The number of hydrogen-bond donors (Lipinski definition) is 2. The van der Waals surface area contributed by atoms with Gasteiger partial charge in [-0.2, -0.15) is 5.10 Å². The molecule has 9 heteroatoms. The molecule has 2 aromatic rings. The van der Waals surface area contributed by atoms with Crippen molar-refractivity contribution in [2.45, 2.75) is 11.4 Å². The molecule has 2 rings (SSSR count). The third kappa shape index (κ3) is 2.57. The molecule has 3 N–H and O–H groups in total. The Bertz CT molecular complexity index is 595. The lowest BCUT2D eigenvalue weighted by molar-refractivity contribution is 0.600. The molecule has 0 bridgehead atoms. The van der Waals surface area contributed by atoms with Crippen LogP contribution in [0.1, 0.15) is 4.88 Å². The van der Waals surface area contributed by atoms with E-state index in [1.54, 1.807) is 5.38 Å². The van der Waals surface area contributed by atoms with Crippen LogP contribution < -0.4 is 10.5 Å². The first-order valence-corrected chi connectivity index (χ1v) is 6.92. The van der Waals surface area contributed by atoms with E-state index in [9.17, 15) is 8.42 Å². The fourth-order valence-corrected chi connectivity index (χ4v) is 3.47. The van der Waals surface area contributed by atoms with E-state index in [1.165, 1.54) is 29.8 Å². The number of nitrogens with two attached hydrogens (primary N) is 1. The number of anilines is 1. The quantitative estimate of drug-likeness (QED) is 0.821. The molecule has 0 atom stereocenters. The molecule has 0 radical (unpaired) electrons. The zero-order valence-electron chi connectivity index (χ0n) is 8.57. The molecule has 0 unspecified atom stereocenters. The maximum atomic E-state index is 12.0. The summed E-state index contributed by atoms with van der Waals surface area (Å²) >= 11 is 1.29. The summed E-state index contributed by atoms with van der Waals surface area (Å²) in [4.78, 5) is 4.47. The van der Waals surface area contributed by atoms with E-state index in [0.717, 1.165) is 0 Å². The van der Waals surface area contributed by atoms with Gasteiger partial charge in [0.25, 0.3) is 16.0 Å². The minimum Gasteiger partial charge on any atom is -0.326 e. The lowest BCUT2D eigenvalue weighted by Gasteiger charge is -2.05. The Morgan fingerprint density at radius 3 is 2.88 bits per heavy atom. The largest absolute Gasteiger partial charge is 0.326 e. The molecule has 17 heavy (non-hydrogen) atoms. The molecule has 0 aromatic carbocycles. The van der Waals surface area contributed by atoms with Gasteiger partial charge in [-0.25, -0.2) is 18.1 Å². The van der Waals surface area contributed by atoms with Crippen molar-refractivity contribution in [1.82, 2.24) is 15.2 Å². The molecule has 0 aliphatic rings. The Balaban J connectivity index is 2.32. The van der Waals surface area contributed by atoms with Crippen molar-refractivity contribution in [3.63, 3.8) is 0 Å². The maximum Gasteiger partial charge on any atom is 0.265 e. The standard InChI is InChI=1S/C8H9N5O2S2/c9-5-6-7(1-4-16-6)17(14,15)13-8-10-2-3-11-12-8/h1-4H,5,9H2,(H,10,12,13). The first-order chi connectivity index (χ1) is 8.13. The van der Waals surface area contributed by atoms with Crippen molar-refractivity contribution in [2.24, 2.45) is 5.73 Å². The van der Waals surface area contributed by atoms with Crippen molar-refractivity contribution in [3.05, 3.63) is 28.7 Å². The fourth-order valence-electron chi connectivity index (χ4n) is 1.19. The first kappa shape index (κ1) is 11.9. The number of sulfonamides is 1. The van der Waals surface area contributed by atoms with E-state index in [4.69, 9.17) is 5.73 Å². The van der Waals surface area contributed by atoms with E-state index in [0.29, 0.717) is 4.88 Å². The lowest BCUT2D eigenvalue weighted by atomic mass is 10.5. The van der Waals surface area contributed by atoms with Crippen LogP contribution >= 0.6 is 11.3 Å². The normalized spacial score (nSPS) is 11.4. The summed E-state index contributed by atoms with van der Waals surface area (Å²) in [5, 5.41) is 8.75. The second-order valence-electron chi connectivity index (χ2n) is 2.98. The van der Waals surface area contributed by atoms with Gasteiger partial charge in [-0.05, 0) is 11.4 Å². The maximum absolute atomic E-state index is 12.0. The summed E-state index contributed by atoms with van der Waals surface area (Å²) in [6.45, 7) is 0.168. The molecule has 0 saturated carbocycles. The summed E-state index contributed by atoms with van der Waals surface area (Å²) in [6, 6.07) is 1.49. The van der Waals surface area contributed by atoms with Crippen LogP contribution in [0.4, 0.5) is 5.95 Å². The van der Waals surface area contributed by atoms with Gasteiger partial charge in [0.2, 0.25) is 0 Å². The van der Waals surface area contributed by atoms with Gasteiger partial charge in [0.1, 0.15) is 4.90 Å². The smallest absolute Gasteiger partial charge is 0.265 e. The number of thiophene rings is 1. The molecule has 0 spiro atoms. The van der Waals surface area contributed by atoms with Gasteiger partial charge < -0.3 is 5.73 Å². The third-order valence-corrected chi connectivity index (χ3v) is 4.37. The van der Waals surface area contributed by atoms with Crippen LogP contribution in [0.25, 0.3) is 0 Å². The molecule has 0 amide bonds. The van der Waals surface area contributed by atoms with Crippen molar-refractivity contribution in [1.29, 1.82) is 0 Å². The highest BCUT2D eigenvalue weighted by Crippen LogP contribution is 2.22. The summed E-state index contributed by atoms with van der Waals surface area (Å²) in [5.41, 5.74) is 5.46. The molecular formula is C8H9N5O2S2. The number of aromatic nitrogens is 3. The average Bonchev–Trinajstić information content (AvgIpc) is 2.78. The lowest BCUT2D eigenvalue weighted by Crippen LogP contribution is -2.16. The van der Waals surface area contributed by atoms with E-state index in [-0.39, 0.29) is 17.4 Å². The SMILES string of the molecule is NCc1sccc1S(=O)(=O)Nc1nccnn1. The van der Waals surface area contributed by atoms with Crippen molar-refractivity contribution in [3.8, 4) is 0 Å². The second kappa shape index (κ2) is 4.73. The van der Waals surface area contributed by atoms with Gasteiger partial charge in [-0.15, -0.1) is 16.4 Å². The summed E-state index contributed by atoms with van der Waals surface area (Å²) in [5.74, 6) is -0.0679. The molecule has 2 heterocycles. The van der Waals surface area contributed by atoms with Crippen LogP contribution in [-0.4, -0.2) is 23.6 Å². The van der Waals surface area contributed by atoms with Crippen LogP contribution in [0.5, 0.6) is 0 Å². The van der Waals surface area contributed by atoms with Crippen LogP contribution in [0, 0.1) is 0 Å². The molecule has 2 aromatic heterocycles. The number of nitrogens with one attached hydrogen (secondary N) is 1. The van der Waals surface area contributed by atoms with Crippen LogP contribution in [0.15, 0.2) is 28.7 Å². The highest BCUT2D eigenvalue weighted by Gasteiger charge is 2.20. The van der Waals surface area contributed by atoms with Crippen LogP contribution in [0.2, 0.25) is 0 Å². The molecule has 0 aliphatic carbocycles. The van der Waals surface area contributed by atoms with E-state index < -0.39 is 10.0 Å². The van der Waals surface area contributed by atoms with Gasteiger partial charge in [-0.1, -0.05) is 0 Å². The van der Waals surface area contributed by atoms with Crippen LogP contribution in [-0.2, 0) is 16.6 Å². The van der Waals surface area contributed by atoms with Gasteiger partial charge >= 0.3 is 0 Å². The predicted molar refractivity (Wildman–Crippen MR) is 62.8 cm³/mol. The highest BCUT2D eigenvalue weighted by molar-refractivity contribution is 7.92. The molecule has 7 nitrogen and oxygen atoms in total. The topological polar surface area (TPSA) is 111 Å². The van der Waals surface area contributed by atoms with Gasteiger partial charge in [-0.3, -0.25) is 0 Å². The Morgan fingerprint density at radius 2 is 2.24 bits per heavy atom. The van der Waals surface area contributed by atoms with Gasteiger partial charge in [0, 0.05) is 11.4 Å². The molecular weight excluding hydrogens is 262 g/mol. The third-order valence-electron chi connectivity index (χ3n) is 1.89. The summed E-state index contributed by atoms with van der Waals surface area (Å²) < 4.78 is 26.2. The van der Waals surface area contributed by atoms with E-state index in [1.807, 2.05) is 0 Å². The number of hydrogen-bond acceptors (Lipinski definition) is 7. The van der Waals surface area contributed by atoms with Gasteiger partial charge in [0.05, 0.1) is 12.4 Å². The molecule has 0 saturated heterocycles. The Morgan fingerprint density at radius 1 is 1.41 bits per heavy atom. The minimum atomic E-state index is -3.70. The van der Waals surface area contributed by atoms with E-state index in [2.05, 4.69) is 19.9 Å². The fraction of sp³-hybridized carbons (Fsp3) is 0.125. The summed E-state index contributed by atoms with van der Waals surface area (Å²) in [7, 11) is -3.70. The monoisotopic (exact) mass is 271 g/mol. The number of rotatable bonds is 4. The molecule has 0 fully saturated rings. The Labute approximate surface area is 102 Å². The van der Waals surface area contributed by atoms with Gasteiger partial charge in [0.15, 0.2) is 0 Å². The van der Waals surface area contributed by atoms with Crippen molar-refractivity contribution in [2.75, 3.05) is 4.72 Å². The Hall–Kier alpha value is -1.58. The Kier molecular flexibility index (Phi) is 3.31. The zero-order chi connectivity index (χ0) is 12.3. The van der Waals surface area contributed by atoms with Crippen LogP contribution in [0.3, 0.4) is 0 Å². The van der Waals surface area contributed by atoms with Crippen molar-refractivity contribution >= 4 is 27.3 Å². The summed E-state index contributed by atoms with van der Waals surface area (Å²) in [6.07, 6.45) is 2.70. The minimum absolute atomic E-state index is 0.0679. The molecule has 0 aliphatic heterocycles. The van der Waals surface area contributed by atoms with E-state index >= 15 is 0 Å². The number of nitrogens with zero attached hydrogens (tertiary/aromatic N) is 3. The molecule has 90 valence electrons. The zero-order valence-corrected chi connectivity index (χ0v) is 10.2. The second-order valence-corrected chi connectivity index (χ2v) is 5.64. The van der Waals surface area contributed by atoms with Crippen molar-refractivity contribution < 1.29 is 8.42 Å².